The van der Waals surface area contributed by atoms with Gasteiger partial charge >= 0.3 is 0 Å². The molecule has 0 bridgehead atoms. The van der Waals surface area contributed by atoms with Crippen LogP contribution in [-0.2, 0) is 0 Å². The summed E-state index contributed by atoms with van der Waals surface area (Å²) in [6.07, 6.45) is 5.64. The minimum atomic E-state index is 0.573. The van der Waals surface area contributed by atoms with Crippen molar-refractivity contribution in [3.63, 3.8) is 0 Å². The van der Waals surface area contributed by atoms with Crippen LogP contribution in [0.25, 0.3) is 0 Å². The fourth-order valence-corrected chi connectivity index (χ4v) is 3.25. The molecule has 0 heterocycles. The van der Waals surface area contributed by atoms with E-state index in [0.29, 0.717) is 12.0 Å². The van der Waals surface area contributed by atoms with Gasteiger partial charge in [0.1, 0.15) is 0 Å². The second-order valence-corrected chi connectivity index (χ2v) is 6.68. The van der Waals surface area contributed by atoms with E-state index in [1.54, 1.807) is 0 Å². The summed E-state index contributed by atoms with van der Waals surface area (Å²) in [6, 6.07) is 9.49. The molecule has 1 aliphatic rings. The lowest BCUT2D eigenvalue weighted by Gasteiger charge is -2.25. The van der Waals surface area contributed by atoms with Gasteiger partial charge in [0.2, 0.25) is 0 Å². The molecular formula is C16H24BrN. The standard InChI is InChI=1S/C16H24BrN/c1-12(2)18-11-16(13-5-3-4-6-13)14-7-9-15(17)10-8-14/h7-10,12-13,16,18H,3-6,11H2,1-2H3. The van der Waals surface area contributed by atoms with E-state index in [2.05, 4.69) is 59.4 Å². The molecule has 1 saturated carbocycles. The predicted octanol–water partition coefficient (Wildman–Crippen LogP) is 4.72. The SMILES string of the molecule is CC(C)NCC(c1ccc(Br)cc1)C1CCCC1. The highest BCUT2D eigenvalue weighted by Gasteiger charge is 2.26. The number of rotatable bonds is 5. The third-order valence-electron chi connectivity index (χ3n) is 4.01. The molecule has 1 aromatic rings. The second-order valence-electron chi connectivity index (χ2n) is 5.77. The van der Waals surface area contributed by atoms with Crippen molar-refractivity contribution >= 4 is 15.9 Å². The second kappa shape index (κ2) is 6.72. The van der Waals surface area contributed by atoms with Gasteiger partial charge in [0, 0.05) is 17.1 Å². The summed E-state index contributed by atoms with van der Waals surface area (Å²) in [6.45, 7) is 5.57. The Labute approximate surface area is 119 Å². The summed E-state index contributed by atoms with van der Waals surface area (Å²) >= 11 is 3.52. The van der Waals surface area contributed by atoms with E-state index in [9.17, 15) is 0 Å². The van der Waals surface area contributed by atoms with Gasteiger partial charge in [0.25, 0.3) is 0 Å². The van der Waals surface area contributed by atoms with Crippen molar-refractivity contribution in [3.8, 4) is 0 Å². The topological polar surface area (TPSA) is 12.0 Å². The van der Waals surface area contributed by atoms with Crippen LogP contribution in [0.1, 0.15) is 51.0 Å². The number of hydrogen-bond donors (Lipinski definition) is 1. The van der Waals surface area contributed by atoms with Gasteiger partial charge in [0.05, 0.1) is 0 Å². The first-order valence-corrected chi connectivity index (χ1v) is 7.95. The Morgan fingerprint density at radius 2 is 1.78 bits per heavy atom. The zero-order valence-corrected chi connectivity index (χ0v) is 13.0. The van der Waals surface area contributed by atoms with Crippen LogP contribution in [0.15, 0.2) is 28.7 Å². The summed E-state index contributed by atoms with van der Waals surface area (Å²) in [5, 5.41) is 3.62. The van der Waals surface area contributed by atoms with Crippen LogP contribution in [0.5, 0.6) is 0 Å². The number of halogens is 1. The van der Waals surface area contributed by atoms with Crippen molar-refractivity contribution in [2.24, 2.45) is 5.92 Å². The van der Waals surface area contributed by atoms with Gasteiger partial charge < -0.3 is 5.32 Å². The molecule has 0 spiro atoms. The summed E-state index contributed by atoms with van der Waals surface area (Å²) in [4.78, 5) is 0. The van der Waals surface area contributed by atoms with Crippen LogP contribution < -0.4 is 5.32 Å². The lowest BCUT2D eigenvalue weighted by molar-refractivity contribution is 0.398. The van der Waals surface area contributed by atoms with Gasteiger partial charge in [0.15, 0.2) is 0 Å². The molecule has 2 rings (SSSR count). The molecule has 1 atom stereocenters. The Hall–Kier alpha value is -0.340. The van der Waals surface area contributed by atoms with Crippen LogP contribution in [0, 0.1) is 5.92 Å². The lowest BCUT2D eigenvalue weighted by Crippen LogP contribution is -2.30. The molecule has 0 radical (unpaired) electrons. The largest absolute Gasteiger partial charge is 0.314 e. The fourth-order valence-electron chi connectivity index (χ4n) is 2.99. The summed E-state index contributed by atoms with van der Waals surface area (Å²) in [5.41, 5.74) is 1.50. The number of benzene rings is 1. The Balaban J connectivity index is 2.09. The molecule has 1 N–H and O–H groups in total. The van der Waals surface area contributed by atoms with Gasteiger partial charge in [-0.1, -0.05) is 54.8 Å². The van der Waals surface area contributed by atoms with Gasteiger partial charge in [-0.3, -0.25) is 0 Å². The maximum Gasteiger partial charge on any atom is 0.0175 e. The molecule has 1 aromatic carbocycles. The number of nitrogens with one attached hydrogen (secondary N) is 1. The van der Waals surface area contributed by atoms with Gasteiger partial charge in [-0.05, 0) is 42.4 Å². The molecule has 1 aliphatic carbocycles. The third-order valence-corrected chi connectivity index (χ3v) is 4.54. The first-order chi connectivity index (χ1) is 8.66. The molecule has 18 heavy (non-hydrogen) atoms. The molecule has 1 unspecified atom stereocenters. The molecule has 1 nitrogen and oxygen atoms in total. The molecule has 0 amide bonds. The molecule has 0 aromatic heterocycles. The van der Waals surface area contributed by atoms with E-state index in [4.69, 9.17) is 0 Å². The molecular weight excluding hydrogens is 286 g/mol. The monoisotopic (exact) mass is 309 g/mol. The van der Waals surface area contributed by atoms with Crippen molar-refractivity contribution in [1.82, 2.24) is 5.32 Å². The normalized spacial score (nSPS) is 18.4. The highest BCUT2D eigenvalue weighted by atomic mass is 79.9. The zero-order chi connectivity index (χ0) is 13.0. The maximum atomic E-state index is 3.62. The van der Waals surface area contributed by atoms with Crippen LogP contribution in [0.4, 0.5) is 0 Å². The van der Waals surface area contributed by atoms with Crippen LogP contribution in [0.2, 0.25) is 0 Å². The highest BCUT2D eigenvalue weighted by Crippen LogP contribution is 2.37. The summed E-state index contributed by atoms with van der Waals surface area (Å²) < 4.78 is 1.17. The summed E-state index contributed by atoms with van der Waals surface area (Å²) in [7, 11) is 0. The first kappa shape index (κ1) is 14.1. The Morgan fingerprint density at radius 1 is 1.17 bits per heavy atom. The molecule has 100 valence electrons. The Morgan fingerprint density at radius 3 is 2.33 bits per heavy atom. The first-order valence-electron chi connectivity index (χ1n) is 7.15. The van der Waals surface area contributed by atoms with E-state index < -0.39 is 0 Å². The smallest absolute Gasteiger partial charge is 0.0175 e. The molecule has 2 heteroatoms. The minimum Gasteiger partial charge on any atom is -0.314 e. The lowest BCUT2D eigenvalue weighted by atomic mass is 9.84. The zero-order valence-electron chi connectivity index (χ0n) is 11.5. The van der Waals surface area contributed by atoms with Crippen molar-refractivity contribution < 1.29 is 0 Å². The molecule has 1 fully saturated rings. The van der Waals surface area contributed by atoms with E-state index >= 15 is 0 Å². The average Bonchev–Trinajstić information content (AvgIpc) is 2.85. The van der Waals surface area contributed by atoms with E-state index in [0.717, 1.165) is 12.5 Å². The van der Waals surface area contributed by atoms with Crippen molar-refractivity contribution in [1.29, 1.82) is 0 Å². The van der Waals surface area contributed by atoms with Gasteiger partial charge in [-0.15, -0.1) is 0 Å². The Kier molecular flexibility index (Phi) is 5.25. The maximum absolute atomic E-state index is 3.62. The minimum absolute atomic E-state index is 0.573. The predicted molar refractivity (Wildman–Crippen MR) is 82.0 cm³/mol. The van der Waals surface area contributed by atoms with Crippen molar-refractivity contribution in [2.45, 2.75) is 51.5 Å². The fraction of sp³-hybridized carbons (Fsp3) is 0.625. The van der Waals surface area contributed by atoms with Crippen LogP contribution in [0.3, 0.4) is 0 Å². The van der Waals surface area contributed by atoms with Crippen molar-refractivity contribution in [3.05, 3.63) is 34.3 Å². The van der Waals surface area contributed by atoms with Crippen molar-refractivity contribution in [2.75, 3.05) is 6.54 Å². The van der Waals surface area contributed by atoms with Crippen LogP contribution >= 0.6 is 15.9 Å². The van der Waals surface area contributed by atoms with E-state index in [-0.39, 0.29) is 0 Å². The number of hydrogen-bond acceptors (Lipinski definition) is 1. The van der Waals surface area contributed by atoms with Gasteiger partial charge in [-0.2, -0.15) is 0 Å². The van der Waals surface area contributed by atoms with Crippen LogP contribution in [-0.4, -0.2) is 12.6 Å². The Bertz CT molecular complexity index is 352. The van der Waals surface area contributed by atoms with E-state index in [1.165, 1.54) is 35.7 Å². The quantitative estimate of drug-likeness (QED) is 0.829. The third kappa shape index (κ3) is 3.83. The highest BCUT2D eigenvalue weighted by molar-refractivity contribution is 9.10. The van der Waals surface area contributed by atoms with E-state index in [1.807, 2.05) is 0 Å². The molecule has 0 aliphatic heterocycles. The van der Waals surface area contributed by atoms with Gasteiger partial charge in [-0.25, -0.2) is 0 Å². The summed E-state index contributed by atoms with van der Waals surface area (Å²) in [5.74, 6) is 1.56. The average molecular weight is 310 g/mol. The molecule has 0 saturated heterocycles.